The lowest BCUT2D eigenvalue weighted by molar-refractivity contribution is -0.122. The van der Waals surface area contributed by atoms with Gasteiger partial charge in [0.1, 0.15) is 13.2 Å². The average Bonchev–Trinajstić information content (AvgIpc) is 2.94. The lowest BCUT2D eigenvalue weighted by Gasteiger charge is -2.12. The highest BCUT2D eigenvalue weighted by atomic mass is 16.5. The largest absolute Gasteiger partial charge is 0.493 e. The molecule has 2 amide bonds. The predicted molar refractivity (Wildman–Crippen MR) is 96.0 cm³/mol. The van der Waals surface area contributed by atoms with Crippen LogP contribution in [0.15, 0.2) is 36.9 Å². The molecule has 0 saturated heterocycles. The van der Waals surface area contributed by atoms with Gasteiger partial charge in [0.05, 0.1) is 12.8 Å². The lowest BCUT2D eigenvalue weighted by Crippen LogP contribution is -2.43. The maximum absolute atomic E-state index is 12.2. The van der Waals surface area contributed by atoms with Crippen molar-refractivity contribution in [2.24, 2.45) is 0 Å². The highest BCUT2D eigenvalue weighted by Crippen LogP contribution is 2.28. The number of carbonyl (C=O) groups is 2. The molecule has 2 N–H and O–H groups in total. The van der Waals surface area contributed by atoms with Gasteiger partial charge < -0.3 is 9.47 Å². The van der Waals surface area contributed by atoms with Crippen molar-refractivity contribution in [3.8, 4) is 11.5 Å². The molecule has 8 nitrogen and oxygen atoms in total. The molecular weight excluding hydrogens is 336 g/mol. The molecule has 2 rings (SSSR count). The first kappa shape index (κ1) is 19.0. The number of nitrogens with zero attached hydrogens (tertiary/aromatic N) is 2. The fraction of sp³-hybridized carbons (Fsp3) is 0.278. The number of ether oxygens (including phenoxy) is 2. The van der Waals surface area contributed by atoms with E-state index in [2.05, 4.69) is 22.5 Å². The molecule has 26 heavy (non-hydrogen) atoms. The zero-order valence-electron chi connectivity index (χ0n) is 15.0. The molecule has 1 aromatic carbocycles. The quantitative estimate of drug-likeness (QED) is 0.578. The van der Waals surface area contributed by atoms with Gasteiger partial charge in [-0.25, -0.2) is 0 Å². The molecule has 0 aliphatic carbocycles. The van der Waals surface area contributed by atoms with Gasteiger partial charge in [-0.1, -0.05) is 12.7 Å². The van der Waals surface area contributed by atoms with E-state index in [1.165, 1.54) is 13.2 Å². The summed E-state index contributed by atoms with van der Waals surface area (Å²) >= 11 is 0. The molecule has 2 aromatic rings. The molecule has 0 unspecified atom stereocenters. The number of benzene rings is 1. The van der Waals surface area contributed by atoms with Crippen LogP contribution in [0.25, 0.3) is 0 Å². The van der Waals surface area contributed by atoms with Gasteiger partial charge in [0, 0.05) is 11.3 Å². The van der Waals surface area contributed by atoms with Gasteiger partial charge in [-0.05, 0) is 38.1 Å². The predicted octanol–water partition coefficient (Wildman–Crippen LogP) is 1.53. The number of rotatable bonds is 7. The van der Waals surface area contributed by atoms with Crippen LogP contribution in [0.2, 0.25) is 0 Å². The van der Waals surface area contributed by atoms with Gasteiger partial charge in [-0.3, -0.25) is 25.1 Å². The summed E-state index contributed by atoms with van der Waals surface area (Å²) in [6.45, 7) is 7.61. The van der Waals surface area contributed by atoms with Gasteiger partial charge in [-0.15, -0.1) is 0 Å². The van der Waals surface area contributed by atoms with Crippen molar-refractivity contribution in [1.29, 1.82) is 0 Å². The van der Waals surface area contributed by atoms with Crippen LogP contribution in [-0.2, 0) is 11.3 Å². The molecule has 0 aliphatic rings. The Bertz CT molecular complexity index is 814. The van der Waals surface area contributed by atoms with E-state index in [-0.39, 0.29) is 12.5 Å². The normalized spacial score (nSPS) is 10.1. The fourth-order valence-corrected chi connectivity index (χ4v) is 2.29. The Kier molecular flexibility index (Phi) is 6.37. The second kappa shape index (κ2) is 8.70. The van der Waals surface area contributed by atoms with Crippen molar-refractivity contribution >= 4 is 11.8 Å². The van der Waals surface area contributed by atoms with Crippen molar-refractivity contribution in [2.75, 3.05) is 13.7 Å². The Morgan fingerprint density at radius 2 is 2.00 bits per heavy atom. The molecule has 0 spiro atoms. The third-order valence-electron chi connectivity index (χ3n) is 3.49. The number of amides is 2. The zero-order valence-corrected chi connectivity index (χ0v) is 15.0. The number of methoxy groups -OCH3 is 1. The van der Waals surface area contributed by atoms with E-state index >= 15 is 0 Å². The van der Waals surface area contributed by atoms with E-state index in [1.54, 1.807) is 22.9 Å². The standard InChI is InChI=1S/C18H22N4O4/c1-5-8-26-15-7-6-14(10-16(15)25-4)18(24)20-19-17(23)11-22-13(3)9-12(2)21-22/h5-7,9-10H,1,8,11H2,2-4H3,(H,19,23)(H,20,24). The Morgan fingerprint density at radius 3 is 2.62 bits per heavy atom. The second-order valence-corrected chi connectivity index (χ2v) is 5.55. The molecule has 8 heteroatoms. The van der Waals surface area contributed by atoms with Crippen molar-refractivity contribution in [3.63, 3.8) is 0 Å². The van der Waals surface area contributed by atoms with Crippen molar-refractivity contribution < 1.29 is 19.1 Å². The molecular formula is C18H22N4O4. The first-order chi connectivity index (χ1) is 12.4. The average molecular weight is 358 g/mol. The van der Waals surface area contributed by atoms with Crippen LogP contribution in [0.4, 0.5) is 0 Å². The number of aromatic nitrogens is 2. The number of aryl methyl sites for hydroxylation is 2. The van der Waals surface area contributed by atoms with E-state index in [0.717, 1.165) is 11.4 Å². The Labute approximate surface area is 151 Å². The van der Waals surface area contributed by atoms with E-state index in [9.17, 15) is 9.59 Å². The van der Waals surface area contributed by atoms with Crippen molar-refractivity contribution in [2.45, 2.75) is 20.4 Å². The van der Waals surface area contributed by atoms with E-state index < -0.39 is 5.91 Å². The van der Waals surface area contributed by atoms with Gasteiger partial charge >= 0.3 is 0 Å². The minimum absolute atomic E-state index is 0.0115. The number of nitrogens with one attached hydrogen (secondary N) is 2. The van der Waals surface area contributed by atoms with Crippen LogP contribution < -0.4 is 20.3 Å². The lowest BCUT2D eigenvalue weighted by atomic mass is 10.2. The topological polar surface area (TPSA) is 94.5 Å². The third-order valence-corrected chi connectivity index (χ3v) is 3.49. The van der Waals surface area contributed by atoms with Crippen LogP contribution in [0.3, 0.4) is 0 Å². The number of hydrogen-bond acceptors (Lipinski definition) is 5. The molecule has 1 aromatic heterocycles. The smallest absolute Gasteiger partial charge is 0.269 e. The third kappa shape index (κ3) is 4.85. The van der Waals surface area contributed by atoms with E-state index in [4.69, 9.17) is 9.47 Å². The first-order valence-corrected chi connectivity index (χ1v) is 7.96. The molecule has 0 fully saturated rings. The summed E-state index contributed by atoms with van der Waals surface area (Å²) in [6, 6.07) is 6.59. The number of hydrogen-bond donors (Lipinski definition) is 2. The summed E-state index contributed by atoms with van der Waals surface area (Å²) in [7, 11) is 1.48. The molecule has 0 aliphatic heterocycles. The molecule has 0 atom stereocenters. The minimum Gasteiger partial charge on any atom is -0.493 e. The SMILES string of the molecule is C=CCOc1ccc(C(=O)NNC(=O)Cn2nc(C)cc2C)cc1OC. The van der Waals surface area contributed by atoms with Gasteiger partial charge in [-0.2, -0.15) is 5.10 Å². The summed E-state index contributed by atoms with van der Waals surface area (Å²) in [5.74, 6) is 0.0497. The van der Waals surface area contributed by atoms with Gasteiger partial charge in [0.25, 0.3) is 11.8 Å². The maximum Gasteiger partial charge on any atom is 0.269 e. The van der Waals surface area contributed by atoms with E-state index in [1.807, 2.05) is 19.9 Å². The Balaban J connectivity index is 1.95. The molecule has 1 heterocycles. The van der Waals surface area contributed by atoms with Crippen LogP contribution in [0.1, 0.15) is 21.7 Å². The summed E-state index contributed by atoms with van der Waals surface area (Å²) in [6.07, 6.45) is 1.61. The monoisotopic (exact) mass is 358 g/mol. The van der Waals surface area contributed by atoms with Crippen LogP contribution >= 0.6 is 0 Å². The maximum atomic E-state index is 12.2. The van der Waals surface area contributed by atoms with Crippen LogP contribution in [0.5, 0.6) is 11.5 Å². The van der Waals surface area contributed by atoms with E-state index in [0.29, 0.717) is 23.7 Å². The zero-order chi connectivity index (χ0) is 19.1. The van der Waals surface area contributed by atoms with Crippen LogP contribution in [-0.4, -0.2) is 35.3 Å². The summed E-state index contributed by atoms with van der Waals surface area (Å²) in [5, 5.41) is 4.20. The van der Waals surface area contributed by atoms with Gasteiger partial charge in [0.15, 0.2) is 11.5 Å². The highest BCUT2D eigenvalue weighted by molar-refractivity contribution is 5.96. The van der Waals surface area contributed by atoms with Crippen LogP contribution in [0, 0.1) is 13.8 Å². The Hall–Kier alpha value is -3.29. The number of carbonyl (C=O) groups excluding carboxylic acids is 2. The van der Waals surface area contributed by atoms with Crippen molar-refractivity contribution in [3.05, 3.63) is 53.9 Å². The minimum atomic E-state index is -0.472. The highest BCUT2D eigenvalue weighted by Gasteiger charge is 2.13. The summed E-state index contributed by atoms with van der Waals surface area (Å²) in [5.41, 5.74) is 6.74. The summed E-state index contributed by atoms with van der Waals surface area (Å²) in [4.78, 5) is 24.2. The van der Waals surface area contributed by atoms with Crippen molar-refractivity contribution in [1.82, 2.24) is 20.6 Å². The number of hydrazine groups is 1. The van der Waals surface area contributed by atoms with Gasteiger partial charge in [0.2, 0.25) is 0 Å². The molecule has 0 bridgehead atoms. The Morgan fingerprint density at radius 1 is 1.23 bits per heavy atom. The molecule has 138 valence electrons. The second-order valence-electron chi connectivity index (χ2n) is 5.55. The fourth-order valence-electron chi connectivity index (χ4n) is 2.29. The first-order valence-electron chi connectivity index (χ1n) is 7.96. The molecule has 0 radical (unpaired) electrons. The molecule has 0 saturated carbocycles. The summed E-state index contributed by atoms with van der Waals surface area (Å²) < 4.78 is 12.2.